The Hall–Kier alpha value is -2.46. The van der Waals surface area contributed by atoms with Gasteiger partial charge in [0.15, 0.2) is 5.96 Å². The van der Waals surface area contributed by atoms with E-state index in [9.17, 15) is 13.6 Å². The lowest BCUT2D eigenvalue weighted by Gasteiger charge is -2.40. The Kier molecular flexibility index (Phi) is 6.76. The maximum absolute atomic E-state index is 13.2. The Morgan fingerprint density at radius 1 is 1.24 bits per heavy atom. The third kappa shape index (κ3) is 4.63. The van der Waals surface area contributed by atoms with Gasteiger partial charge in [-0.2, -0.15) is 0 Å². The number of amides is 1. The average molecular weight is 491 g/mol. The Bertz CT molecular complexity index is 1100. The second-order valence-corrected chi connectivity index (χ2v) is 9.73. The smallest absolute Gasteiger partial charge is 0.266 e. The number of hydrogen-bond donors (Lipinski definition) is 2. The molecule has 1 fully saturated rings. The van der Waals surface area contributed by atoms with E-state index in [4.69, 9.17) is 27.1 Å². The Labute approximate surface area is 200 Å². The molecule has 2 aromatic rings. The molecular formula is C23H27ClN4O4S. The molecule has 3 N–H and O–H groups in total. The standard InChI is InChI=1S/C23H27ClN4O4S/c1-15-6-8-17(9-7-15)28(33(30)31)19-5-3-4-18(21(19)24)23(2)14-20(29)27(22(25)26-23)16-10-12-32-13-11-16/h3-9,16H,10-14H2,1-2H3,(H2,25,26)(H,30,31)/t23-/m0/s1. The van der Waals surface area contributed by atoms with Gasteiger partial charge in [-0.05, 0) is 44.9 Å². The molecule has 10 heteroatoms. The van der Waals surface area contributed by atoms with Gasteiger partial charge in [0.2, 0.25) is 5.91 Å². The summed E-state index contributed by atoms with van der Waals surface area (Å²) in [7, 11) is 0. The van der Waals surface area contributed by atoms with Crippen LogP contribution >= 0.6 is 11.6 Å². The van der Waals surface area contributed by atoms with Crippen LogP contribution in [0.1, 0.15) is 37.3 Å². The number of hydrogen-bond acceptors (Lipinski definition) is 5. The van der Waals surface area contributed by atoms with Crippen molar-refractivity contribution in [2.75, 3.05) is 17.5 Å². The second-order valence-electron chi connectivity index (χ2n) is 8.53. The molecule has 0 aliphatic carbocycles. The number of carbonyl (C=O) groups is 1. The third-order valence-corrected chi connectivity index (χ3v) is 7.25. The topological polar surface area (TPSA) is 108 Å². The number of ether oxygens (including phenoxy) is 1. The fraction of sp³-hybridized carbons (Fsp3) is 0.391. The molecule has 0 bridgehead atoms. The molecular weight excluding hydrogens is 464 g/mol. The molecule has 1 saturated heterocycles. The van der Waals surface area contributed by atoms with Crippen LogP contribution in [0.3, 0.4) is 0 Å². The van der Waals surface area contributed by atoms with Crippen molar-refractivity contribution in [1.29, 1.82) is 0 Å². The van der Waals surface area contributed by atoms with Crippen molar-refractivity contribution in [1.82, 2.24) is 4.90 Å². The predicted molar refractivity (Wildman–Crippen MR) is 130 cm³/mol. The summed E-state index contributed by atoms with van der Waals surface area (Å²) in [6.45, 7) is 4.90. The lowest BCUT2D eigenvalue weighted by atomic mass is 9.86. The van der Waals surface area contributed by atoms with Crippen LogP contribution in [-0.2, 0) is 26.3 Å². The van der Waals surface area contributed by atoms with Crippen molar-refractivity contribution >= 4 is 46.1 Å². The molecule has 1 amide bonds. The number of rotatable bonds is 5. The minimum Gasteiger partial charge on any atom is -0.381 e. The van der Waals surface area contributed by atoms with Crippen LogP contribution in [0.25, 0.3) is 0 Å². The first-order valence-electron chi connectivity index (χ1n) is 10.7. The van der Waals surface area contributed by atoms with Crippen molar-refractivity contribution in [3.63, 3.8) is 0 Å². The number of benzene rings is 2. The van der Waals surface area contributed by atoms with Crippen molar-refractivity contribution in [2.45, 2.75) is 44.7 Å². The summed E-state index contributed by atoms with van der Waals surface area (Å²) in [5.41, 5.74) is 7.72. The molecule has 8 nitrogen and oxygen atoms in total. The molecule has 4 rings (SSSR count). The third-order valence-electron chi connectivity index (χ3n) is 6.13. The van der Waals surface area contributed by atoms with Crippen LogP contribution in [-0.4, -0.2) is 44.8 Å². The van der Waals surface area contributed by atoms with Crippen LogP contribution in [0.2, 0.25) is 5.02 Å². The van der Waals surface area contributed by atoms with Crippen molar-refractivity contribution in [3.8, 4) is 0 Å². The largest absolute Gasteiger partial charge is 0.381 e. The molecule has 0 spiro atoms. The molecule has 2 aromatic carbocycles. The van der Waals surface area contributed by atoms with E-state index in [-0.39, 0.29) is 29.4 Å². The summed E-state index contributed by atoms with van der Waals surface area (Å²) in [5.74, 6) is 0.0303. The fourth-order valence-electron chi connectivity index (χ4n) is 4.43. The SMILES string of the molecule is Cc1ccc(N(c2cccc([C@]3(C)CC(=O)N(C4CCOCC4)C(N)=N3)c2Cl)S(=O)O)cc1. The Morgan fingerprint density at radius 2 is 1.91 bits per heavy atom. The van der Waals surface area contributed by atoms with E-state index in [0.29, 0.717) is 43.0 Å². The van der Waals surface area contributed by atoms with E-state index in [1.54, 1.807) is 42.2 Å². The maximum Gasteiger partial charge on any atom is 0.266 e. The van der Waals surface area contributed by atoms with Gasteiger partial charge in [0.25, 0.3) is 11.3 Å². The molecule has 2 aliphatic rings. The number of carbonyl (C=O) groups excluding carboxylic acids is 1. The number of guanidine groups is 1. The number of halogens is 1. The van der Waals surface area contributed by atoms with Crippen molar-refractivity contribution < 1.29 is 18.3 Å². The van der Waals surface area contributed by atoms with Gasteiger partial charge in [0.05, 0.1) is 28.4 Å². The highest BCUT2D eigenvalue weighted by atomic mass is 35.5. The van der Waals surface area contributed by atoms with Crippen LogP contribution in [0, 0.1) is 6.92 Å². The Morgan fingerprint density at radius 3 is 2.52 bits per heavy atom. The van der Waals surface area contributed by atoms with Crippen LogP contribution < -0.4 is 10.0 Å². The van der Waals surface area contributed by atoms with Gasteiger partial charge in [0.1, 0.15) is 0 Å². The van der Waals surface area contributed by atoms with Crippen molar-refractivity contribution in [2.24, 2.45) is 10.7 Å². The van der Waals surface area contributed by atoms with Crippen LogP contribution in [0.15, 0.2) is 47.5 Å². The zero-order valence-electron chi connectivity index (χ0n) is 18.5. The fourth-order valence-corrected chi connectivity index (χ4v) is 5.52. The molecule has 2 heterocycles. The summed E-state index contributed by atoms with van der Waals surface area (Å²) in [6.07, 6.45) is 1.51. The monoisotopic (exact) mass is 490 g/mol. The molecule has 0 saturated carbocycles. The van der Waals surface area contributed by atoms with Gasteiger partial charge >= 0.3 is 0 Å². The summed E-state index contributed by atoms with van der Waals surface area (Å²) in [6, 6.07) is 12.3. The Balaban J connectivity index is 1.73. The van der Waals surface area contributed by atoms with Gasteiger partial charge in [-0.1, -0.05) is 41.4 Å². The summed E-state index contributed by atoms with van der Waals surface area (Å²) >= 11 is 4.42. The van der Waals surface area contributed by atoms with E-state index >= 15 is 0 Å². The molecule has 2 atom stereocenters. The van der Waals surface area contributed by atoms with Gasteiger partial charge < -0.3 is 10.5 Å². The molecule has 0 aromatic heterocycles. The summed E-state index contributed by atoms with van der Waals surface area (Å²) in [5, 5.41) is 0.242. The van der Waals surface area contributed by atoms with E-state index in [1.165, 1.54) is 4.31 Å². The quantitative estimate of drug-likeness (QED) is 0.618. The van der Waals surface area contributed by atoms with Crippen LogP contribution in [0.4, 0.5) is 11.4 Å². The first-order valence-corrected chi connectivity index (χ1v) is 12.2. The molecule has 176 valence electrons. The zero-order valence-corrected chi connectivity index (χ0v) is 20.1. The number of nitrogens with zero attached hydrogens (tertiary/aromatic N) is 3. The predicted octanol–water partition coefficient (Wildman–Crippen LogP) is 3.86. The van der Waals surface area contributed by atoms with Gasteiger partial charge in [-0.3, -0.25) is 14.2 Å². The molecule has 33 heavy (non-hydrogen) atoms. The summed E-state index contributed by atoms with van der Waals surface area (Å²) < 4.78 is 29.0. The van der Waals surface area contributed by atoms with Gasteiger partial charge in [-0.15, -0.1) is 0 Å². The van der Waals surface area contributed by atoms with E-state index in [2.05, 4.69) is 0 Å². The molecule has 1 unspecified atom stereocenters. The highest BCUT2D eigenvalue weighted by Gasteiger charge is 2.42. The number of nitrogens with two attached hydrogens (primary N) is 1. The first-order chi connectivity index (χ1) is 15.7. The molecule has 2 aliphatic heterocycles. The average Bonchev–Trinajstić information content (AvgIpc) is 2.76. The van der Waals surface area contributed by atoms with Crippen molar-refractivity contribution in [3.05, 3.63) is 58.6 Å². The number of aryl methyl sites for hydroxylation is 1. The lowest BCUT2D eigenvalue weighted by molar-refractivity contribution is -0.132. The summed E-state index contributed by atoms with van der Waals surface area (Å²) in [4.78, 5) is 19.4. The van der Waals surface area contributed by atoms with Crippen LogP contribution in [0.5, 0.6) is 0 Å². The van der Waals surface area contributed by atoms with E-state index < -0.39 is 16.8 Å². The maximum atomic E-state index is 13.2. The molecule has 0 radical (unpaired) electrons. The van der Waals surface area contributed by atoms with Gasteiger partial charge in [0, 0.05) is 24.8 Å². The zero-order chi connectivity index (χ0) is 23.8. The second kappa shape index (κ2) is 9.42. The normalized spacial score (nSPS) is 22.7. The lowest BCUT2D eigenvalue weighted by Crippen LogP contribution is -2.55. The van der Waals surface area contributed by atoms with E-state index in [0.717, 1.165) is 5.56 Å². The minimum absolute atomic E-state index is 0.0322. The number of aliphatic imine (C=N–C) groups is 1. The van der Waals surface area contributed by atoms with Gasteiger partial charge in [-0.25, -0.2) is 13.5 Å². The number of anilines is 2. The minimum atomic E-state index is -2.37. The van der Waals surface area contributed by atoms with E-state index in [1.807, 2.05) is 19.1 Å². The first kappa shape index (κ1) is 23.7. The highest BCUT2D eigenvalue weighted by molar-refractivity contribution is 7.81. The highest BCUT2D eigenvalue weighted by Crippen LogP contribution is 2.43.